The molecule has 2 nitrogen and oxygen atoms in total. The Morgan fingerprint density at radius 1 is 1.21 bits per heavy atom. The predicted molar refractivity (Wildman–Crippen MR) is 69.7 cm³/mol. The second-order valence-corrected chi connectivity index (χ2v) is 5.26. The Balaban J connectivity index is 2.25. The fourth-order valence-corrected chi connectivity index (χ4v) is 3.28. The van der Waals surface area contributed by atoms with E-state index in [2.05, 4.69) is 6.07 Å². The van der Waals surface area contributed by atoms with Crippen molar-refractivity contribution in [2.24, 2.45) is 0 Å². The summed E-state index contributed by atoms with van der Waals surface area (Å²) in [6, 6.07) is 11.8. The molecule has 92 valence electrons. The third-order valence-electron chi connectivity index (χ3n) is 3.07. The number of Topliss-reactive ketones (excluding diaryl/α,β-unsaturated/α-hetero) is 1. The normalized spacial score (nSPS) is 13.2. The lowest BCUT2D eigenvalue weighted by molar-refractivity contribution is 0.0989. The van der Waals surface area contributed by atoms with E-state index < -0.39 is 5.82 Å². The van der Waals surface area contributed by atoms with Crippen LogP contribution in [0.1, 0.15) is 21.5 Å². The lowest BCUT2D eigenvalue weighted by Crippen LogP contribution is -2.05. The van der Waals surface area contributed by atoms with E-state index in [4.69, 9.17) is 5.26 Å². The highest BCUT2D eigenvalue weighted by Crippen LogP contribution is 2.39. The number of carbonyl (C=O) groups is 1. The van der Waals surface area contributed by atoms with Crippen molar-refractivity contribution >= 4 is 17.5 Å². The summed E-state index contributed by atoms with van der Waals surface area (Å²) >= 11 is 1.22. The van der Waals surface area contributed by atoms with Gasteiger partial charge in [0.25, 0.3) is 0 Å². The van der Waals surface area contributed by atoms with Crippen LogP contribution in [0.25, 0.3) is 0 Å². The van der Waals surface area contributed by atoms with E-state index in [0.717, 1.165) is 4.90 Å². The number of nitrogens with zero attached hydrogens (tertiary/aromatic N) is 1. The summed E-state index contributed by atoms with van der Waals surface area (Å²) in [7, 11) is 0. The molecule has 19 heavy (non-hydrogen) atoms. The maximum absolute atomic E-state index is 13.9. The molecule has 0 saturated carbocycles. The SMILES string of the molecule is N#Cc1cccc2c1CC(=O)c1cccc(F)c1S2. The maximum Gasteiger partial charge on any atom is 0.168 e. The molecule has 0 fully saturated rings. The molecule has 0 unspecified atom stereocenters. The van der Waals surface area contributed by atoms with Crippen molar-refractivity contribution < 1.29 is 9.18 Å². The second kappa shape index (κ2) is 4.52. The third-order valence-corrected chi connectivity index (χ3v) is 4.29. The first-order valence-electron chi connectivity index (χ1n) is 5.72. The average molecular weight is 269 g/mol. The van der Waals surface area contributed by atoms with Crippen LogP contribution in [-0.4, -0.2) is 5.78 Å². The van der Waals surface area contributed by atoms with Gasteiger partial charge in [-0.2, -0.15) is 5.26 Å². The lowest BCUT2D eigenvalue weighted by atomic mass is 9.99. The van der Waals surface area contributed by atoms with E-state index in [9.17, 15) is 9.18 Å². The Bertz CT molecular complexity index is 733. The molecule has 4 heteroatoms. The van der Waals surface area contributed by atoms with Crippen molar-refractivity contribution in [2.75, 3.05) is 0 Å². The van der Waals surface area contributed by atoms with E-state index in [1.165, 1.54) is 23.9 Å². The summed E-state index contributed by atoms with van der Waals surface area (Å²) in [6.45, 7) is 0. The van der Waals surface area contributed by atoms with E-state index in [-0.39, 0.29) is 12.2 Å². The molecule has 0 N–H and O–H groups in total. The fraction of sp³-hybridized carbons (Fsp3) is 0.0667. The van der Waals surface area contributed by atoms with Crippen molar-refractivity contribution in [2.45, 2.75) is 16.2 Å². The number of ketones is 1. The van der Waals surface area contributed by atoms with Crippen molar-refractivity contribution in [3.05, 3.63) is 58.9 Å². The molecule has 0 atom stereocenters. The Labute approximate surface area is 113 Å². The zero-order valence-corrected chi connectivity index (χ0v) is 10.6. The Kier molecular flexibility index (Phi) is 2.84. The second-order valence-electron chi connectivity index (χ2n) is 4.21. The van der Waals surface area contributed by atoms with E-state index in [1.807, 2.05) is 6.07 Å². The van der Waals surface area contributed by atoms with Gasteiger partial charge in [0.15, 0.2) is 5.78 Å². The van der Waals surface area contributed by atoms with Gasteiger partial charge in [-0.15, -0.1) is 0 Å². The first-order valence-corrected chi connectivity index (χ1v) is 6.54. The molecule has 0 radical (unpaired) electrons. The monoisotopic (exact) mass is 269 g/mol. The molecular weight excluding hydrogens is 261 g/mol. The molecule has 0 aliphatic carbocycles. The number of rotatable bonds is 0. The zero-order chi connectivity index (χ0) is 13.4. The van der Waals surface area contributed by atoms with Crippen LogP contribution in [0.5, 0.6) is 0 Å². The summed E-state index contributed by atoms with van der Waals surface area (Å²) in [5, 5.41) is 9.10. The molecule has 0 amide bonds. The number of benzene rings is 2. The van der Waals surface area contributed by atoms with Crippen molar-refractivity contribution in [1.29, 1.82) is 5.26 Å². The largest absolute Gasteiger partial charge is 0.294 e. The smallest absolute Gasteiger partial charge is 0.168 e. The predicted octanol–water partition coefficient (Wildman–Crippen LogP) is 3.59. The molecule has 1 aliphatic heterocycles. The van der Waals surface area contributed by atoms with Crippen molar-refractivity contribution in [1.82, 2.24) is 0 Å². The Hall–Kier alpha value is -2.12. The summed E-state index contributed by atoms with van der Waals surface area (Å²) in [5.74, 6) is -0.547. The van der Waals surface area contributed by atoms with Crippen molar-refractivity contribution in [3.63, 3.8) is 0 Å². The molecule has 2 aromatic rings. The van der Waals surface area contributed by atoms with Gasteiger partial charge in [-0.1, -0.05) is 30.0 Å². The van der Waals surface area contributed by atoms with Gasteiger partial charge in [0.05, 0.1) is 16.5 Å². The molecule has 0 aromatic heterocycles. The van der Waals surface area contributed by atoms with E-state index in [1.54, 1.807) is 18.2 Å². The van der Waals surface area contributed by atoms with Crippen molar-refractivity contribution in [3.8, 4) is 6.07 Å². The minimum Gasteiger partial charge on any atom is -0.294 e. The molecule has 0 spiro atoms. The molecule has 2 aromatic carbocycles. The first-order chi connectivity index (χ1) is 9.20. The quantitative estimate of drug-likeness (QED) is 0.734. The summed E-state index contributed by atoms with van der Waals surface area (Å²) in [6.07, 6.45) is 0.141. The highest BCUT2D eigenvalue weighted by atomic mass is 32.2. The van der Waals surface area contributed by atoms with Gasteiger partial charge in [-0.25, -0.2) is 4.39 Å². The third kappa shape index (κ3) is 1.92. The lowest BCUT2D eigenvalue weighted by Gasteiger charge is -2.06. The van der Waals surface area contributed by atoms with Gasteiger partial charge in [0, 0.05) is 16.9 Å². The van der Waals surface area contributed by atoms with Gasteiger partial charge in [-0.3, -0.25) is 4.79 Å². The number of halogens is 1. The number of hydrogen-bond acceptors (Lipinski definition) is 3. The topological polar surface area (TPSA) is 40.9 Å². The molecule has 0 bridgehead atoms. The fourth-order valence-electron chi connectivity index (χ4n) is 2.15. The highest BCUT2D eigenvalue weighted by Gasteiger charge is 2.24. The molecule has 1 heterocycles. The summed E-state index contributed by atoms with van der Waals surface area (Å²) < 4.78 is 13.9. The van der Waals surface area contributed by atoms with Gasteiger partial charge in [0.1, 0.15) is 5.82 Å². The van der Waals surface area contributed by atoms with Crippen LogP contribution in [0, 0.1) is 17.1 Å². The minimum absolute atomic E-state index is 0.141. The maximum atomic E-state index is 13.9. The van der Waals surface area contributed by atoms with Crippen LogP contribution in [0.15, 0.2) is 46.2 Å². The van der Waals surface area contributed by atoms with Gasteiger partial charge in [0.2, 0.25) is 0 Å². The van der Waals surface area contributed by atoms with Crippen LogP contribution < -0.4 is 0 Å². The standard InChI is InChI=1S/C15H8FNOS/c16-12-5-2-4-10-13(18)7-11-9(8-17)3-1-6-14(11)19-15(10)12/h1-6H,7H2. The molecule has 3 rings (SSSR count). The van der Waals surface area contributed by atoms with Gasteiger partial charge >= 0.3 is 0 Å². The summed E-state index contributed by atoms with van der Waals surface area (Å²) in [4.78, 5) is 13.3. The molecule has 0 saturated heterocycles. The first kappa shape index (κ1) is 11.9. The van der Waals surface area contributed by atoms with E-state index in [0.29, 0.717) is 21.6 Å². The highest BCUT2D eigenvalue weighted by molar-refractivity contribution is 7.99. The van der Waals surface area contributed by atoms with E-state index >= 15 is 0 Å². The van der Waals surface area contributed by atoms with Crippen LogP contribution in [-0.2, 0) is 6.42 Å². The molecule has 1 aliphatic rings. The molecular formula is C15H8FNOS. The van der Waals surface area contributed by atoms with Crippen LogP contribution in [0.3, 0.4) is 0 Å². The van der Waals surface area contributed by atoms with Gasteiger partial charge < -0.3 is 0 Å². The Morgan fingerprint density at radius 3 is 2.79 bits per heavy atom. The number of carbonyl (C=O) groups excluding carboxylic acids is 1. The number of fused-ring (bicyclic) bond motifs is 2. The van der Waals surface area contributed by atoms with Gasteiger partial charge in [-0.05, 0) is 23.8 Å². The number of nitriles is 1. The minimum atomic E-state index is -0.397. The Morgan fingerprint density at radius 2 is 2.00 bits per heavy atom. The van der Waals surface area contributed by atoms with Crippen LogP contribution >= 0.6 is 11.8 Å². The average Bonchev–Trinajstić information content (AvgIpc) is 2.56. The number of hydrogen-bond donors (Lipinski definition) is 0. The van der Waals surface area contributed by atoms with Crippen LogP contribution in [0.4, 0.5) is 4.39 Å². The van der Waals surface area contributed by atoms with Crippen LogP contribution in [0.2, 0.25) is 0 Å². The zero-order valence-electron chi connectivity index (χ0n) is 9.81. The summed E-state index contributed by atoms with van der Waals surface area (Å²) in [5.41, 5.74) is 1.56.